The monoisotopic (exact) mass is 495 g/mol. The van der Waals surface area contributed by atoms with Crippen LogP contribution in [0.25, 0.3) is 0 Å². The average Bonchev–Trinajstić information content (AvgIpc) is 3.30. The summed E-state index contributed by atoms with van der Waals surface area (Å²) < 4.78 is 45.3. The van der Waals surface area contributed by atoms with Gasteiger partial charge in [-0.15, -0.1) is 5.10 Å². The summed E-state index contributed by atoms with van der Waals surface area (Å²) >= 11 is 0. The second-order valence-corrected chi connectivity index (χ2v) is 7.65. The molecule has 8 nitrogen and oxygen atoms in total. The van der Waals surface area contributed by atoms with Crippen molar-refractivity contribution in [1.29, 1.82) is 0 Å². The van der Waals surface area contributed by atoms with Crippen LogP contribution >= 0.6 is 0 Å². The van der Waals surface area contributed by atoms with Crippen molar-refractivity contribution in [2.75, 3.05) is 17.2 Å². The molecule has 0 aliphatic heterocycles. The van der Waals surface area contributed by atoms with Crippen molar-refractivity contribution in [3.05, 3.63) is 102 Å². The SMILES string of the molecule is O=C(COc1ccc(C(=O)Nc2ncn(Cc3ccccc3)n2)cc1)Nc1cccc(C(F)(F)F)c1. The van der Waals surface area contributed by atoms with E-state index in [4.69, 9.17) is 4.74 Å². The molecule has 0 radical (unpaired) electrons. The van der Waals surface area contributed by atoms with Crippen LogP contribution in [0.15, 0.2) is 85.2 Å². The van der Waals surface area contributed by atoms with E-state index in [1.807, 2.05) is 30.3 Å². The van der Waals surface area contributed by atoms with Crippen molar-refractivity contribution in [1.82, 2.24) is 14.8 Å². The van der Waals surface area contributed by atoms with Crippen LogP contribution in [0, 0.1) is 0 Å². The number of rotatable bonds is 8. The fourth-order valence-electron chi connectivity index (χ4n) is 3.19. The molecular formula is C25H20F3N5O3. The first-order valence-electron chi connectivity index (χ1n) is 10.7. The molecule has 184 valence electrons. The van der Waals surface area contributed by atoms with Gasteiger partial charge in [-0.05, 0) is 48.0 Å². The van der Waals surface area contributed by atoms with Gasteiger partial charge >= 0.3 is 6.18 Å². The van der Waals surface area contributed by atoms with Crippen molar-refractivity contribution in [3.63, 3.8) is 0 Å². The van der Waals surface area contributed by atoms with Crippen LogP contribution in [-0.4, -0.2) is 33.2 Å². The van der Waals surface area contributed by atoms with Crippen LogP contribution in [0.5, 0.6) is 5.75 Å². The molecule has 0 atom stereocenters. The van der Waals surface area contributed by atoms with Gasteiger partial charge in [0.05, 0.1) is 12.1 Å². The van der Waals surface area contributed by atoms with E-state index in [1.54, 1.807) is 4.68 Å². The van der Waals surface area contributed by atoms with Gasteiger partial charge in [0.25, 0.3) is 11.8 Å². The number of ether oxygens (including phenoxy) is 1. The molecule has 0 fully saturated rings. The summed E-state index contributed by atoms with van der Waals surface area (Å²) in [6.45, 7) is 0.0850. The summed E-state index contributed by atoms with van der Waals surface area (Å²) in [7, 11) is 0. The number of alkyl halides is 3. The molecular weight excluding hydrogens is 475 g/mol. The molecule has 11 heteroatoms. The first-order valence-corrected chi connectivity index (χ1v) is 10.7. The first kappa shape index (κ1) is 24.5. The number of benzene rings is 3. The third kappa shape index (κ3) is 6.69. The van der Waals surface area contributed by atoms with Gasteiger partial charge < -0.3 is 10.1 Å². The molecule has 4 rings (SSSR count). The highest BCUT2D eigenvalue weighted by Crippen LogP contribution is 2.30. The van der Waals surface area contributed by atoms with Crippen LogP contribution in [0.1, 0.15) is 21.5 Å². The van der Waals surface area contributed by atoms with Crippen molar-refractivity contribution in [2.24, 2.45) is 0 Å². The molecule has 3 aromatic carbocycles. The van der Waals surface area contributed by atoms with E-state index in [1.165, 1.54) is 42.7 Å². The summed E-state index contributed by atoms with van der Waals surface area (Å²) in [6, 6.07) is 20.0. The third-order valence-corrected chi connectivity index (χ3v) is 4.91. The molecule has 0 aliphatic carbocycles. The number of nitrogens with one attached hydrogen (secondary N) is 2. The zero-order valence-electron chi connectivity index (χ0n) is 18.7. The normalized spacial score (nSPS) is 11.1. The molecule has 0 spiro atoms. The highest BCUT2D eigenvalue weighted by atomic mass is 19.4. The second-order valence-electron chi connectivity index (χ2n) is 7.65. The molecule has 0 bridgehead atoms. The topological polar surface area (TPSA) is 98.1 Å². The van der Waals surface area contributed by atoms with Crippen LogP contribution in [0.2, 0.25) is 0 Å². The highest BCUT2D eigenvalue weighted by Gasteiger charge is 2.30. The Morgan fingerprint density at radius 3 is 2.39 bits per heavy atom. The van der Waals surface area contributed by atoms with Gasteiger partial charge in [0.2, 0.25) is 5.95 Å². The lowest BCUT2D eigenvalue weighted by molar-refractivity contribution is -0.137. The number of halogens is 3. The first-order chi connectivity index (χ1) is 17.3. The second kappa shape index (κ2) is 10.7. The average molecular weight is 495 g/mol. The van der Waals surface area contributed by atoms with Gasteiger partial charge in [0.1, 0.15) is 12.1 Å². The molecule has 2 N–H and O–H groups in total. The molecule has 0 aliphatic rings. The number of hydrogen-bond donors (Lipinski definition) is 2. The van der Waals surface area contributed by atoms with E-state index in [0.29, 0.717) is 17.9 Å². The predicted octanol–water partition coefficient (Wildman–Crippen LogP) is 4.62. The summed E-state index contributed by atoms with van der Waals surface area (Å²) in [5, 5.41) is 9.20. The number of carbonyl (C=O) groups excluding carboxylic acids is 2. The quantitative estimate of drug-likeness (QED) is 0.372. The van der Waals surface area contributed by atoms with E-state index in [2.05, 4.69) is 20.7 Å². The van der Waals surface area contributed by atoms with Gasteiger partial charge in [0, 0.05) is 11.3 Å². The minimum atomic E-state index is -4.51. The van der Waals surface area contributed by atoms with Crippen LogP contribution in [0.3, 0.4) is 0 Å². The standard InChI is InChI=1S/C25H20F3N5O3/c26-25(27,28)19-7-4-8-20(13-19)30-22(34)15-36-21-11-9-18(10-12-21)23(35)31-24-29-16-33(32-24)14-17-5-2-1-3-6-17/h1-13,16H,14-15H2,(H,30,34)(H,31,32,35). The number of aromatic nitrogens is 3. The van der Waals surface area contributed by atoms with Gasteiger partial charge in [-0.2, -0.15) is 13.2 Å². The Labute approximate surface area is 203 Å². The Morgan fingerprint density at radius 1 is 0.917 bits per heavy atom. The minimum absolute atomic E-state index is 0.00487. The van der Waals surface area contributed by atoms with E-state index < -0.39 is 30.2 Å². The van der Waals surface area contributed by atoms with Crippen molar-refractivity contribution < 1.29 is 27.5 Å². The maximum absolute atomic E-state index is 12.8. The Kier molecular flexibility index (Phi) is 7.28. The van der Waals surface area contributed by atoms with Crippen LogP contribution in [-0.2, 0) is 17.5 Å². The fourth-order valence-corrected chi connectivity index (χ4v) is 3.19. The van der Waals surface area contributed by atoms with Crippen molar-refractivity contribution in [2.45, 2.75) is 12.7 Å². The summed E-state index contributed by atoms with van der Waals surface area (Å²) in [6.07, 6.45) is -2.99. The number of hydrogen-bond acceptors (Lipinski definition) is 5. The molecule has 0 saturated carbocycles. The maximum Gasteiger partial charge on any atom is 0.416 e. The predicted molar refractivity (Wildman–Crippen MR) is 126 cm³/mol. The molecule has 2 amide bonds. The van der Waals surface area contributed by atoms with Crippen molar-refractivity contribution in [3.8, 4) is 5.75 Å². The molecule has 36 heavy (non-hydrogen) atoms. The van der Waals surface area contributed by atoms with Crippen LogP contribution in [0.4, 0.5) is 24.8 Å². The highest BCUT2D eigenvalue weighted by molar-refractivity contribution is 6.03. The van der Waals surface area contributed by atoms with E-state index >= 15 is 0 Å². The molecule has 0 unspecified atom stereocenters. The zero-order valence-corrected chi connectivity index (χ0v) is 18.7. The van der Waals surface area contributed by atoms with E-state index in [9.17, 15) is 22.8 Å². The lowest BCUT2D eigenvalue weighted by atomic mass is 10.2. The number of anilines is 2. The largest absolute Gasteiger partial charge is 0.484 e. The van der Waals surface area contributed by atoms with Gasteiger partial charge in [-0.3, -0.25) is 14.9 Å². The molecule has 1 aromatic heterocycles. The van der Waals surface area contributed by atoms with Crippen molar-refractivity contribution >= 4 is 23.5 Å². The van der Waals surface area contributed by atoms with E-state index in [-0.39, 0.29) is 11.6 Å². The summed E-state index contributed by atoms with van der Waals surface area (Å²) in [4.78, 5) is 28.6. The minimum Gasteiger partial charge on any atom is -0.484 e. The number of amides is 2. The summed E-state index contributed by atoms with van der Waals surface area (Å²) in [5.74, 6) is -0.604. The third-order valence-electron chi connectivity index (χ3n) is 4.91. The fraction of sp³-hybridized carbons (Fsp3) is 0.120. The van der Waals surface area contributed by atoms with Gasteiger partial charge in [-0.1, -0.05) is 36.4 Å². The summed E-state index contributed by atoms with van der Waals surface area (Å²) in [5.41, 5.74) is 0.494. The molecule has 1 heterocycles. The smallest absolute Gasteiger partial charge is 0.416 e. The number of nitrogens with zero attached hydrogens (tertiary/aromatic N) is 3. The molecule has 4 aromatic rings. The Hall–Kier alpha value is -4.67. The zero-order chi connectivity index (χ0) is 25.5. The van der Waals surface area contributed by atoms with E-state index in [0.717, 1.165) is 17.7 Å². The lowest BCUT2D eigenvalue weighted by Crippen LogP contribution is -2.20. The van der Waals surface area contributed by atoms with Gasteiger partial charge in [-0.25, -0.2) is 9.67 Å². The maximum atomic E-state index is 12.8. The number of carbonyl (C=O) groups is 2. The van der Waals surface area contributed by atoms with Crippen LogP contribution < -0.4 is 15.4 Å². The Bertz CT molecular complexity index is 1340. The Morgan fingerprint density at radius 2 is 1.67 bits per heavy atom. The Balaban J connectivity index is 1.27. The lowest BCUT2D eigenvalue weighted by Gasteiger charge is -2.10. The van der Waals surface area contributed by atoms with Gasteiger partial charge in [0.15, 0.2) is 6.61 Å². The molecule has 0 saturated heterocycles.